The average Bonchev–Trinajstić information content (AvgIpc) is 2.41. The summed E-state index contributed by atoms with van der Waals surface area (Å²) in [5.41, 5.74) is 1.75. The van der Waals surface area contributed by atoms with Crippen molar-refractivity contribution in [1.82, 2.24) is 10.3 Å². The molecule has 2 N–H and O–H groups in total. The van der Waals surface area contributed by atoms with E-state index in [1.54, 1.807) is 6.07 Å². The van der Waals surface area contributed by atoms with Crippen molar-refractivity contribution in [3.63, 3.8) is 0 Å². The molecule has 1 amide bonds. The molecule has 1 rings (SSSR count). The van der Waals surface area contributed by atoms with E-state index in [4.69, 9.17) is 0 Å². The molecule has 1 aromatic rings. The molecule has 0 saturated carbocycles. The third-order valence-corrected chi connectivity index (χ3v) is 3.65. The number of aromatic amines is 1. The molecule has 0 atom stereocenters. The molecule has 4 nitrogen and oxygen atoms in total. The third-order valence-electron chi connectivity index (χ3n) is 3.65. The van der Waals surface area contributed by atoms with Crippen molar-refractivity contribution in [2.45, 2.75) is 47.0 Å². The number of carbonyl (C=O) groups excluding carboxylic acids is 1. The van der Waals surface area contributed by atoms with Crippen LogP contribution in [0, 0.1) is 12.8 Å². The monoisotopic (exact) mass is 264 g/mol. The van der Waals surface area contributed by atoms with Crippen molar-refractivity contribution in [3.8, 4) is 0 Å². The summed E-state index contributed by atoms with van der Waals surface area (Å²) in [7, 11) is 0. The minimum atomic E-state index is -0.301. The number of aryl methyl sites for hydroxylation is 2. The number of aromatic nitrogens is 1. The summed E-state index contributed by atoms with van der Waals surface area (Å²) in [5, 5.41) is 2.85. The van der Waals surface area contributed by atoms with E-state index >= 15 is 0 Å². The Hall–Kier alpha value is -1.58. The van der Waals surface area contributed by atoms with Crippen LogP contribution in [0.5, 0.6) is 0 Å². The number of carbonyl (C=O) groups is 1. The molecule has 1 heterocycles. The van der Waals surface area contributed by atoms with Gasteiger partial charge in [0.25, 0.3) is 11.5 Å². The van der Waals surface area contributed by atoms with Gasteiger partial charge in [-0.2, -0.15) is 0 Å². The molecular weight excluding hydrogens is 240 g/mol. The lowest BCUT2D eigenvalue weighted by Gasteiger charge is -2.13. The zero-order valence-corrected chi connectivity index (χ0v) is 12.3. The van der Waals surface area contributed by atoms with E-state index in [-0.39, 0.29) is 17.0 Å². The van der Waals surface area contributed by atoms with E-state index in [0.717, 1.165) is 30.5 Å². The Morgan fingerprint density at radius 3 is 2.47 bits per heavy atom. The van der Waals surface area contributed by atoms with E-state index in [1.165, 1.54) is 0 Å². The van der Waals surface area contributed by atoms with Gasteiger partial charge in [-0.1, -0.05) is 33.6 Å². The van der Waals surface area contributed by atoms with Crippen molar-refractivity contribution in [1.29, 1.82) is 0 Å². The highest BCUT2D eigenvalue weighted by Gasteiger charge is 2.13. The number of pyridine rings is 1. The highest BCUT2D eigenvalue weighted by Crippen LogP contribution is 2.07. The number of rotatable bonds is 6. The van der Waals surface area contributed by atoms with Crippen LogP contribution in [0.25, 0.3) is 0 Å². The smallest absolute Gasteiger partial charge is 0.261 e. The molecule has 0 saturated heterocycles. The Morgan fingerprint density at radius 2 is 1.95 bits per heavy atom. The molecule has 106 valence electrons. The van der Waals surface area contributed by atoms with Crippen LogP contribution in [0.1, 0.15) is 55.2 Å². The Morgan fingerprint density at radius 1 is 1.32 bits per heavy atom. The number of amides is 1. The van der Waals surface area contributed by atoms with Gasteiger partial charge in [-0.3, -0.25) is 9.59 Å². The Labute approximate surface area is 114 Å². The molecule has 0 aliphatic carbocycles. The average molecular weight is 264 g/mol. The molecule has 1 aromatic heterocycles. The lowest BCUT2D eigenvalue weighted by molar-refractivity contribution is 0.0944. The van der Waals surface area contributed by atoms with E-state index < -0.39 is 0 Å². The van der Waals surface area contributed by atoms with Gasteiger partial charge in [-0.15, -0.1) is 0 Å². The molecular formula is C15H24N2O2. The second kappa shape index (κ2) is 7.12. The summed E-state index contributed by atoms with van der Waals surface area (Å²) in [4.78, 5) is 26.7. The fourth-order valence-electron chi connectivity index (χ4n) is 2.12. The van der Waals surface area contributed by atoms with Gasteiger partial charge < -0.3 is 10.3 Å². The van der Waals surface area contributed by atoms with Gasteiger partial charge in [0.05, 0.1) is 0 Å². The van der Waals surface area contributed by atoms with E-state index in [1.807, 2.05) is 13.8 Å². The predicted molar refractivity (Wildman–Crippen MR) is 77.6 cm³/mol. The largest absolute Gasteiger partial charge is 0.352 e. The summed E-state index contributed by atoms with van der Waals surface area (Å²) in [6.45, 7) is 8.72. The van der Waals surface area contributed by atoms with Crippen molar-refractivity contribution in [2.75, 3.05) is 6.54 Å². The number of hydrogen-bond donors (Lipinski definition) is 2. The molecule has 0 aromatic carbocycles. The molecule has 0 unspecified atom stereocenters. The minimum Gasteiger partial charge on any atom is -0.352 e. The lowest BCUT2D eigenvalue weighted by atomic mass is 10.0. The first-order chi connectivity index (χ1) is 9.03. The quantitative estimate of drug-likeness (QED) is 0.829. The van der Waals surface area contributed by atoms with Crippen molar-refractivity contribution < 1.29 is 4.79 Å². The molecule has 0 fully saturated rings. The van der Waals surface area contributed by atoms with Crippen LogP contribution in [-0.2, 0) is 6.42 Å². The van der Waals surface area contributed by atoms with Crippen LogP contribution < -0.4 is 10.9 Å². The number of H-pyrrole nitrogens is 1. The molecule has 4 heteroatoms. The SMILES string of the molecule is CCc1[nH]c(=O)c(C(=O)NCC(CC)CC)cc1C. The van der Waals surface area contributed by atoms with Gasteiger partial charge in [0.1, 0.15) is 5.56 Å². The maximum Gasteiger partial charge on any atom is 0.261 e. The van der Waals surface area contributed by atoms with E-state index in [0.29, 0.717) is 12.5 Å². The van der Waals surface area contributed by atoms with Crippen LogP contribution in [-0.4, -0.2) is 17.4 Å². The first kappa shape index (κ1) is 15.5. The zero-order valence-electron chi connectivity index (χ0n) is 12.3. The molecule has 19 heavy (non-hydrogen) atoms. The molecule has 0 spiro atoms. The summed E-state index contributed by atoms with van der Waals surface area (Å²) in [5.74, 6) is 0.193. The van der Waals surface area contributed by atoms with Crippen molar-refractivity contribution in [3.05, 3.63) is 33.2 Å². The topological polar surface area (TPSA) is 62.0 Å². The maximum absolute atomic E-state index is 12.0. The van der Waals surface area contributed by atoms with Gasteiger partial charge in [0.2, 0.25) is 0 Å². The number of hydrogen-bond acceptors (Lipinski definition) is 2. The van der Waals surface area contributed by atoms with Crippen molar-refractivity contribution >= 4 is 5.91 Å². The van der Waals surface area contributed by atoms with Crippen LogP contribution >= 0.6 is 0 Å². The van der Waals surface area contributed by atoms with Crippen molar-refractivity contribution in [2.24, 2.45) is 5.92 Å². The van der Waals surface area contributed by atoms with Crippen LogP contribution in [0.3, 0.4) is 0 Å². The predicted octanol–water partition coefficient (Wildman–Crippen LogP) is 2.41. The van der Waals surface area contributed by atoms with Crippen LogP contribution in [0.2, 0.25) is 0 Å². The normalized spacial score (nSPS) is 10.8. The van der Waals surface area contributed by atoms with Crippen LogP contribution in [0.15, 0.2) is 10.9 Å². The maximum atomic E-state index is 12.0. The van der Waals surface area contributed by atoms with E-state index in [9.17, 15) is 9.59 Å². The first-order valence-corrected chi connectivity index (χ1v) is 7.04. The second-order valence-electron chi connectivity index (χ2n) is 4.92. The summed E-state index contributed by atoms with van der Waals surface area (Å²) in [6, 6.07) is 1.68. The Balaban J connectivity index is 2.83. The van der Waals surface area contributed by atoms with Gasteiger partial charge in [-0.25, -0.2) is 0 Å². The van der Waals surface area contributed by atoms with Gasteiger partial charge in [0.15, 0.2) is 0 Å². The fraction of sp³-hybridized carbons (Fsp3) is 0.600. The fourth-order valence-corrected chi connectivity index (χ4v) is 2.12. The highest BCUT2D eigenvalue weighted by molar-refractivity contribution is 5.94. The minimum absolute atomic E-state index is 0.209. The Kier molecular flexibility index (Phi) is 5.80. The Bertz CT molecular complexity index is 487. The van der Waals surface area contributed by atoms with Gasteiger partial charge >= 0.3 is 0 Å². The van der Waals surface area contributed by atoms with Crippen LogP contribution in [0.4, 0.5) is 0 Å². The molecule has 0 aliphatic rings. The van der Waals surface area contributed by atoms with E-state index in [2.05, 4.69) is 24.1 Å². The summed E-state index contributed by atoms with van der Waals surface area (Å²) in [6.07, 6.45) is 2.82. The number of nitrogens with one attached hydrogen (secondary N) is 2. The third kappa shape index (κ3) is 3.94. The molecule has 0 radical (unpaired) electrons. The highest BCUT2D eigenvalue weighted by atomic mass is 16.2. The summed E-state index contributed by atoms with van der Waals surface area (Å²) >= 11 is 0. The molecule has 0 aliphatic heterocycles. The molecule has 0 bridgehead atoms. The lowest BCUT2D eigenvalue weighted by Crippen LogP contribution is -2.33. The van der Waals surface area contributed by atoms with Gasteiger partial charge in [0, 0.05) is 12.2 Å². The zero-order chi connectivity index (χ0) is 14.4. The summed E-state index contributed by atoms with van der Waals surface area (Å²) < 4.78 is 0. The van der Waals surface area contributed by atoms with Gasteiger partial charge in [-0.05, 0) is 30.9 Å². The first-order valence-electron chi connectivity index (χ1n) is 7.04. The standard InChI is InChI=1S/C15H24N2O2/c1-5-11(6-2)9-16-14(18)12-8-10(4)13(7-3)17-15(12)19/h8,11H,5-7,9H2,1-4H3,(H,16,18)(H,17,19). The second-order valence-corrected chi connectivity index (χ2v) is 4.92.